The second-order valence-electron chi connectivity index (χ2n) is 11.1. The fourth-order valence-corrected chi connectivity index (χ4v) is 5.08. The van der Waals surface area contributed by atoms with Crippen LogP contribution in [0.4, 0.5) is 0 Å². The average molecular weight is 554 g/mol. The van der Waals surface area contributed by atoms with E-state index < -0.39 is 17.9 Å². The Balaban J connectivity index is 4.34. The van der Waals surface area contributed by atoms with E-state index in [0.29, 0.717) is 12.8 Å². The van der Waals surface area contributed by atoms with Crippen molar-refractivity contribution >= 4 is 17.9 Å². The minimum atomic E-state index is -0.783. The lowest BCUT2D eigenvalue weighted by Crippen LogP contribution is -2.38. The van der Waals surface area contributed by atoms with Gasteiger partial charge in [-0.25, -0.2) is 0 Å². The Morgan fingerprint density at radius 2 is 1.00 bits per heavy atom. The van der Waals surface area contributed by atoms with Gasteiger partial charge < -0.3 is 15.3 Å². The molecule has 0 amide bonds. The van der Waals surface area contributed by atoms with Gasteiger partial charge in [-0.3, -0.25) is 19.3 Å². The van der Waals surface area contributed by atoms with Crippen LogP contribution in [0.2, 0.25) is 0 Å². The molecule has 0 bridgehead atoms. The first-order valence-electron chi connectivity index (χ1n) is 15.9. The molecule has 0 aromatic heterocycles. The summed E-state index contributed by atoms with van der Waals surface area (Å²) in [7, 11) is 0. The van der Waals surface area contributed by atoms with E-state index in [1.807, 2.05) is 0 Å². The van der Waals surface area contributed by atoms with Gasteiger partial charge in [-0.05, 0) is 70.9 Å². The molecule has 3 N–H and O–H groups in total. The molecule has 0 rings (SSSR count). The lowest BCUT2D eigenvalue weighted by atomic mass is 10.0. The maximum absolute atomic E-state index is 11.6. The summed E-state index contributed by atoms with van der Waals surface area (Å²) in [4.78, 5) is 35.4. The van der Waals surface area contributed by atoms with Crippen LogP contribution >= 0.6 is 0 Å². The summed E-state index contributed by atoms with van der Waals surface area (Å²) in [6, 6.07) is -0.0219. The van der Waals surface area contributed by atoms with Crippen molar-refractivity contribution in [1.82, 2.24) is 4.90 Å². The lowest BCUT2D eigenvalue weighted by molar-refractivity contribution is -0.139. The van der Waals surface area contributed by atoms with Crippen molar-refractivity contribution in [2.24, 2.45) is 0 Å². The van der Waals surface area contributed by atoms with Gasteiger partial charge in [0, 0.05) is 18.9 Å². The highest BCUT2D eigenvalue weighted by molar-refractivity contribution is 5.67. The van der Waals surface area contributed by atoms with Crippen molar-refractivity contribution in [3.63, 3.8) is 0 Å². The molecule has 0 spiro atoms. The molecule has 7 heteroatoms. The van der Waals surface area contributed by atoms with Crippen molar-refractivity contribution in [2.45, 2.75) is 161 Å². The van der Waals surface area contributed by atoms with Gasteiger partial charge in [-0.2, -0.15) is 0 Å². The van der Waals surface area contributed by atoms with E-state index in [0.717, 1.165) is 64.5 Å². The minimum Gasteiger partial charge on any atom is -0.481 e. The van der Waals surface area contributed by atoms with E-state index in [1.54, 1.807) is 0 Å². The molecule has 7 nitrogen and oxygen atoms in total. The SMILES string of the molecule is CCCCCCCC/C=C\CCCCCCCC(CC(=O)O)N(CCCCCC(=O)O)CCCCCC(=O)O. The molecular weight excluding hydrogens is 494 g/mol. The molecule has 228 valence electrons. The Bertz CT molecular complexity index is 612. The topological polar surface area (TPSA) is 115 Å². The molecule has 0 radical (unpaired) electrons. The van der Waals surface area contributed by atoms with Crippen LogP contribution in [0, 0.1) is 0 Å². The van der Waals surface area contributed by atoms with E-state index in [-0.39, 0.29) is 25.3 Å². The summed E-state index contributed by atoms with van der Waals surface area (Å²) in [5.74, 6) is -2.34. The number of hydrogen-bond acceptors (Lipinski definition) is 4. The molecule has 1 unspecified atom stereocenters. The Morgan fingerprint density at radius 3 is 1.46 bits per heavy atom. The monoisotopic (exact) mass is 553 g/mol. The van der Waals surface area contributed by atoms with E-state index in [9.17, 15) is 19.5 Å². The van der Waals surface area contributed by atoms with Crippen molar-refractivity contribution in [1.29, 1.82) is 0 Å². The zero-order chi connectivity index (χ0) is 29.0. The largest absolute Gasteiger partial charge is 0.481 e. The van der Waals surface area contributed by atoms with Crippen LogP contribution in [-0.4, -0.2) is 57.3 Å². The molecule has 0 saturated carbocycles. The Kier molecular flexibility index (Phi) is 26.3. The average Bonchev–Trinajstić information content (AvgIpc) is 2.88. The standard InChI is InChI=1S/C32H59NO6/c1-2-3-4-5-6-7-8-9-10-11-12-13-14-15-18-23-29(28-32(38)39)33(26-21-16-19-24-30(34)35)27-22-17-20-25-31(36)37/h9-10,29H,2-8,11-28H2,1H3,(H,34,35)(H,36,37)(H,38,39)/b10-9-. The third kappa shape index (κ3) is 27.5. The van der Waals surface area contributed by atoms with Crippen LogP contribution < -0.4 is 0 Å². The number of hydrogen-bond donors (Lipinski definition) is 3. The van der Waals surface area contributed by atoms with Gasteiger partial charge in [-0.15, -0.1) is 0 Å². The maximum Gasteiger partial charge on any atom is 0.304 e. The number of nitrogens with zero attached hydrogens (tertiary/aromatic N) is 1. The molecule has 0 aliphatic heterocycles. The molecule has 0 saturated heterocycles. The maximum atomic E-state index is 11.6. The Hall–Kier alpha value is -1.89. The molecule has 0 aromatic rings. The molecule has 0 aromatic carbocycles. The van der Waals surface area contributed by atoms with E-state index in [1.165, 1.54) is 64.2 Å². The fourth-order valence-electron chi connectivity index (χ4n) is 5.08. The quantitative estimate of drug-likeness (QED) is 0.0603. The van der Waals surface area contributed by atoms with E-state index >= 15 is 0 Å². The van der Waals surface area contributed by atoms with Crippen LogP contribution in [0.3, 0.4) is 0 Å². The van der Waals surface area contributed by atoms with Gasteiger partial charge >= 0.3 is 17.9 Å². The van der Waals surface area contributed by atoms with Gasteiger partial charge in [0.15, 0.2) is 0 Å². The van der Waals surface area contributed by atoms with Crippen LogP contribution in [0.15, 0.2) is 12.2 Å². The Labute approximate surface area is 238 Å². The van der Waals surface area contributed by atoms with Crippen molar-refractivity contribution in [3.05, 3.63) is 12.2 Å². The molecule has 39 heavy (non-hydrogen) atoms. The number of unbranched alkanes of at least 4 members (excludes halogenated alkanes) is 15. The normalized spacial score (nSPS) is 12.4. The first-order valence-corrected chi connectivity index (χ1v) is 15.9. The van der Waals surface area contributed by atoms with Gasteiger partial charge in [-0.1, -0.05) is 89.7 Å². The number of carboxylic acids is 3. The van der Waals surface area contributed by atoms with Crippen LogP contribution in [0.1, 0.15) is 155 Å². The first kappa shape index (κ1) is 37.1. The van der Waals surface area contributed by atoms with Crippen molar-refractivity contribution < 1.29 is 29.7 Å². The van der Waals surface area contributed by atoms with Gasteiger partial charge in [0.2, 0.25) is 0 Å². The third-order valence-electron chi connectivity index (χ3n) is 7.40. The summed E-state index contributed by atoms with van der Waals surface area (Å²) >= 11 is 0. The molecule has 1 atom stereocenters. The minimum absolute atomic E-state index is 0.0219. The zero-order valence-corrected chi connectivity index (χ0v) is 24.9. The predicted molar refractivity (Wildman–Crippen MR) is 159 cm³/mol. The zero-order valence-electron chi connectivity index (χ0n) is 24.9. The van der Waals surface area contributed by atoms with Crippen LogP contribution in [0.5, 0.6) is 0 Å². The van der Waals surface area contributed by atoms with Gasteiger partial charge in [0.1, 0.15) is 0 Å². The number of aliphatic carboxylic acids is 3. The molecule has 0 aliphatic rings. The number of carbonyl (C=O) groups is 3. The van der Waals surface area contributed by atoms with E-state index in [4.69, 9.17) is 10.2 Å². The van der Waals surface area contributed by atoms with Crippen molar-refractivity contribution in [3.8, 4) is 0 Å². The molecule has 0 heterocycles. The summed E-state index contributed by atoms with van der Waals surface area (Å²) in [5, 5.41) is 27.3. The Morgan fingerprint density at radius 1 is 0.564 bits per heavy atom. The smallest absolute Gasteiger partial charge is 0.304 e. The van der Waals surface area contributed by atoms with Gasteiger partial charge in [0.05, 0.1) is 6.42 Å². The first-order chi connectivity index (χ1) is 18.9. The predicted octanol–water partition coefficient (Wildman–Crippen LogP) is 8.46. The highest BCUT2D eigenvalue weighted by Gasteiger charge is 2.20. The third-order valence-corrected chi connectivity index (χ3v) is 7.40. The van der Waals surface area contributed by atoms with Crippen molar-refractivity contribution in [2.75, 3.05) is 13.1 Å². The number of allylic oxidation sites excluding steroid dienone is 2. The molecule has 0 fully saturated rings. The van der Waals surface area contributed by atoms with Crippen LogP contribution in [-0.2, 0) is 14.4 Å². The highest BCUT2D eigenvalue weighted by atomic mass is 16.4. The van der Waals surface area contributed by atoms with Gasteiger partial charge in [0.25, 0.3) is 0 Å². The number of rotatable bonds is 30. The van der Waals surface area contributed by atoms with E-state index in [2.05, 4.69) is 24.0 Å². The molecular formula is C32H59NO6. The second-order valence-corrected chi connectivity index (χ2v) is 11.1. The number of carboxylic acid groups (broad SMARTS) is 3. The summed E-state index contributed by atoms with van der Waals surface area (Å²) in [5.41, 5.74) is 0. The second kappa shape index (κ2) is 27.7. The fraction of sp³-hybridized carbons (Fsp3) is 0.844. The highest BCUT2D eigenvalue weighted by Crippen LogP contribution is 2.18. The lowest BCUT2D eigenvalue weighted by Gasteiger charge is -2.31. The van der Waals surface area contributed by atoms with Crippen LogP contribution in [0.25, 0.3) is 0 Å². The summed E-state index contributed by atoms with van der Waals surface area (Å²) in [6.45, 7) is 3.78. The summed E-state index contributed by atoms with van der Waals surface area (Å²) < 4.78 is 0. The molecule has 0 aliphatic carbocycles. The summed E-state index contributed by atoms with van der Waals surface area (Å²) in [6.07, 6.45) is 26.7.